The Balaban J connectivity index is 3.08. The zero-order chi connectivity index (χ0) is 13.9. The second-order valence-electron chi connectivity index (χ2n) is 3.81. The van der Waals surface area contributed by atoms with Gasteiger partial charge in [-0.15, -0.1) is 0 Å². The van der Waals surface area contributed by atoms with Crippen molar-refractivity contribution < 1.29 is 18.8 Å². The molecule has 0 radical (unpaired) electrons. The van der Waals surface area contributed by atoms with E-state index < -0.39 is 23.1 Å². The molecular formula is C11H13F2N3O2. The van der Waals surface area contributed by atoms with Crippen molar-refractivity contribution in [2.24, 2.45) is 10.9 Å². The van der Waals surface area contributed by atoms with Gasteiger partial charge in [0.05, 0.1) is 6.54 Å². The molecular weight excluding hydrogens is 244 g/mol. The van der Waals surface area contributed by atoms with Crippen molar-refractivity contribution in [2.45, 2.75) is 6.92 Å². The first-order valence-corrected chi connectivity index (χ1v) is 5.05. The molecule has 0 saturated heterocycles. The zero-order valence-electron chi connectivity index (χ0n) is 9.94. The van der Waals surface area contributed by atoms with Crippen LogP contribution in [-0.2, 0) is 0 Å². The number of oxime groups is 1. The SMILES string of the molecule is Cc1ccc(F)c(C(=O)N(C)C/C(N)=N/O)c1F. The van der Waals surface area contributed by atoms with Crippen molar-refractivity contribution in [3.8, 4) is 0 Å². The normalized spacial score (nSPS) is 11.4. The van der Waals surface area contributed by atoms with Crippen molar-refractivity contribution in [1.82, 2.24) is 4.90 Å². The van der Waals surface area contributed by atoms with Crippen molar-refractivity contribution in [3.63, 3.8) is 0 Å². The van der Waals surface area contributed by atoms with E-state index in [9.17, 15) is 13.6 Å². The van der Waals surface area contributed by atoms with Crippen LogP contribution >= 0.6 is 0 Å². The number of amides is 1. The molecule has 18 heavy (non-hydrogen) atoms. The molecule has 1 rings (SSSR count). The number of carbonyl (C=O) groups is 1. The molecule has 0 aliphatic carbocycles. The minimum atomic E-state index is -0.950. The Bertz CT molecular complexity index is 503. The van der Waals surface area contributed by atoms with Gasteiger partial charge in [0.2, 0.25) is 0 Å². The number of likely N-dealkylation sites (N-methyl/N-ethyl adjacent to an activating group) is 1. The van der Waals surface area contributed by atoms with Crippen LogP contribution in [0.15, 0.2) is 17.3 Å². The van der Waals surface area contributed by atoms with Crippen LogP contribution in [0.2, 0.25) is 0 Å². The maximum absolute atomic E-state index is 13.7. The molecule has 0 fully saturated rings. The zero-order valence-corrected chi connectivity index (χ0v) is 9.94. The molecule has 0 heterocycles. The van der Waals surface area contributed by atoms with Gasteiger partial charge in [-0.2, -0.15) is 0 Å². The second-order valence-corrected chi connectivity index (χ2v) is 3.81. The molecule has 0 atom stereocenters. The molecule has 0 saturated carbocycles. The number of aryl methyl sites for hydroxylation is 1. The van der Waals surface area contributed by atoms with Gasteiger partial charge in [0.1, 0.15) is 17.2 Å². The maximum Gasteiger partial charge on any atom is 0.259 e. The van der Waals surface area contributed by atoms with Crippen LogP contribution in [0.1, 0.15) is 15.9 Å². The molecule has 0 aliphatic rings. The first kappa shape index (κ1) is 13.9. The summed E-state index contributed by atoms with van der Waals surface area (Å²) >= 11 is 0. The van der Waals surface area contributed by atoms with Crippen molar-refractivity contribution in [1.29, 1.82) is 0 Å². The van der Waals surface area contributed by atoms with Gasteiger partial charge >= 0.3 is 0 Å². The van der Waals surface area contributed by atoms with E-state index in [0.717, 1.165) is 11.0 Å². The minimum Gasteiger partial charge on any atom is -0.409 e. The third-order valence-electron chi connectivity index (χ3n) is 2.37. The summed E-state index contributed by atoms with van der Waals surface area (Å²) in [6.07, 6.45) is 0. The number of hydrogen-bond acceptors (Lipinski definition) is 3. The summed E-state index contributed by atoms with van der Waals surface area (Å²) in [6, 6.07) is 2.26. The smallest absolute Gasteiger partial charge is 0.259 e. The number of nitrogens with zero attached hydrogens (tertiary/aromatic N) is 2. The van der Waals surface area contributed by atoms with Gasteiger partial charge < -0.3 is 15.8 Å². The van der Waals surface area contributed by atoms with Crippen LogP contribution in [0.4, 0.5) is 8.78 Å². The van der Waals surface area contributed by atoms with Gasteiger partial charge in [-0.1, -0.05) is 11.2 Å². The molecule has 1 amide bonds. The topological polar surface area (TPSA) is 78.9 Å². The molecule has 0 aliphatic heterocycles. The number of amidine groups is 1. The highest BCUT2D eigenvalue weighted by Crippen LogP contribution is 2.17. The Kier molecular flexibility index (Phi) is 4.19. The van der Waals surface area contributed by atoms with Gasteiger partial charge in [-0.3, -0.25) is 4.79 Å². The lowest BCUT2D eigenvalue weighted by Crippen LogP contribution is -2.36. The standard InChI is InChI=1S/C11H13F2N3O2/c1-6-3-4-7(12)9(10(6)13)11(17)16(2)5-8(14)15-18/h3-4,18H,5H2,1-2H3,(H2,14,15). The van der Waals surface area contributed by atoms with Gasteiger partial charge in [0.15, 0.2) is 5.84 Å². The number of hydrogen-bond donors (Lipinski definition) is 2. The van der Waals surface area contributed by atoms with Crippen LogP contribution in [0.5, 0.6) is 0 Å². The van der Waals surface area contributed by atoms with Crippen LogP contribution in [0.3, 0.4) is 0 Å². The number of benzene rings is 1. The molecule has 1 aromatic carbocycles. The predicted octanol–water partition coefficient (Wildman–Crippen LogP) is 1.09. The van der Waals surface area contributed by atoms with E-state index in [1.165, 1.54) is 20.0 Å². The van der Waals surface area contributed by atoms with Crippen molar-refractivity contribution in [3.05, 3.63) is 34.9 Å². The summed E-state index contributed by atoms with van der Waals surface area (Å²) in [4.78, 5) is 12.8. The average Bonchev–Trinajstić information content (AvgIpc) is 2.33. The molecule has 5 nitrogen and oxygen atoms in total. The first-order valence-electron chi connectivity index (χ1n) is 5.05. The number of rotatable bonds is 3. The summed E-state index contributed by atoms with van der Waals surface area (Å²) < 4.78 is 27.2. The lowest BCUT2D eigenvalue weighted by Gasteiger charge is -2.17. The third-order valence-corrected chi connectivity index (χ3v) is 2.37. The number of nitrogens with two attached hydrogens (primary N) is 1. The Morgan fingerprint density at radius 3 is 2.67 bits per heavy atom. The minimum absolute atomic E-state index is 0.164. The van der Waals surface area contributed by atoms with Gasteiger partial charge in [-0.25, -0.2) is 8.78 Å². The molecule has 3 N–H and O–H groups in total. The highest BCUT2D eigenvalue weighted by Gasteiger charge is 2.22. The summed E-state index contributed by atoms with van der Waals surface area (Å²) in [5, 5.41) is 11.0. The second kappa shape index (κ2) is 5.44. The Morgan fingerprint density at radius 2 is 2.11 bits per heavy atom. The quantitative estimate of drug-likeness (QED) is 0.368. The van der Waals surface area contributed by atoms with Gasteiger partial charge in [-0.05, 0) is 18.6 Å². The van der Waals surface area contributed by atoms with Crippen molar-refractivity contribution >= 4 is 11.7 Å². The molecule has 0 bridgehead atoms. The van der Waals surface area contributed by atoms with E-state index in [-0.39, 0.29) is 17.9 Å². The highest BCUT2D eigenvalue weighted by molar-refractivity contribution is 5.97. The fourth-order valence-electron chi connectivity index (χ4n) is 1.39. The first-order chi connectivity index (χ1) is 8.38. The summed E-state index contributed by atoms with van der Waals surface area (Å²) in [6.45, 7) is 1.19. The van der Waals surface area contributed by atoms with Gasteiger partial charge in [0.25, 0.3) is 5.91 Å². The highest BCUT2D eigenvalue weighted by atomic mass is 19.1. The maximum atomic E-state index is 13.7. The van der Waals surface area contributed by atoms with Crippen molar-refractivity contribution in [2.75, 3.05) is 13.6 Å². The largest absolute Gasteiger partial charge is 0.409 e. The van der Waals surface area contributed by atoms with E-state index in [0.29, 0.717) is 0 Å². The van der Waals surface area contributed by atoms with E-state index in [1.54, 1.807) is 0 Å². The molecule has 1 aromatic rings. The Hall–Kier alpha value is -2.18. The van der Waals surface area contributed by atoms with Crippen LogP contribution in [-0.4, -0.2) is 35.4 Å². The monoisotopic (exact) mass is 257 g/mol. The predicted molar refractivity (Wildman–Crippen MR) is 61.5 cm³/mol. The fourth-order valence-corrected chi connectivity index (χ4v) is 1.39. The van der Waals surface area contributed by atoms with Crippen LogP contribution < -0.4 is 5.73 Å². The average molecular weight is 257 g/mol. The Labute approximate surface area is 102 Å². The summed E-state index contributed by atoms with van der Waals surface area (Å²) in [7, 11) is 1.29. The molecule has 0 spiro atoms. The Morgan fingerprint density at radius 1 is 1.50 bits per heavy atom. The van der Waals surface area contributed by atoms with E-state index in [1.807, 2.05) is 0 Å². The van der Waals surface area contributed by atoms with E-state index in [4.69, 9.17) is 10.9 Å². The molecule has 0 unspecified atom stereocenters. The lowest BCUT2D eigenvalue weighted by atomic mass is 10.1. The molecule has 98 valence electrons. The lowest BCUT2D eigenvalue weighted by molar-refractivity contribution is 0.0804. The number of carbonyl (C=O) groups excluding carboxylic acids is 1. The third kappa shape index (κ3) is 2.73. The van der Waals surface area contributed by atoms with E-state index >= 15 is 0 Å². The number of halogens is 2. The summed E-state index contributed by atoms with van der Waals surface area (Å²) in [5.74, 6) is -2.97. The van der Waals surface area contributed by atoms with E-state index in [2.05, 4.69) is 5.16 Å². The molecule has 0 aromatic heterocycles. The van der Waals surface area contributed by atoms with Crippen LogP contribution in [0.25, 0.3) is 0 Å². The van der Waals surface area contributed by atoms with Crippen LogP contribution in [0, 0.1) is 18.6 Å². The summed E-state index contributed by atoms with van der Waals surface area (Å²) in [5.41, 5.74) is 4.73. The van der Waals surface area contributed by atoms with Gasteiger partial charge in [0, 0.05) is 7.05 Å². The fraction of sp³-hybridized carbons (Fsp3) is 0.273. The molecule has 7 heteroatoms.